The number of hydrogen-bond donors (Lipinski definition) is 0. The van der Waals surface area contributed by atoms with Crippen molar-refractivity contribution in [2.24, 2.45) is 5.92 Å². The second-order valence-electron chi connectivity index (χ2n) is 8.42. The lowest BCUT2D eigenvalue weighted by Gasteiger charge is -2.31. The number of methoxy groups -OCH3 is 2. The average Bonchev–Trinajstić information content (AvgIpc) is 2.96. The number of benzene rings is 2. The summed E-state index contributed by atoms with van der Waals surface area (Å²) in [6, 6.07) is 11.3. The maximum atomic E-state index is 13.0. The molecule has 4 rings (SSSR count). The Bertz CT molecular complexity index is 1220. The lowest BCUT2D eigenvalue weighted by Crippen LogP contribution is -2.36. The van der Waals surface area contributed by atoms with Crippen LogP contribution >= 0.6 is 11.8 Å². The SMILES string of the molecule is COc1cccc([C@H]2Oc3nc(SCC(C)C)nnc3-c3cc(C)ccc3N2C(C)=O)c1OC. The molecule has 1 aromatic heterocycles. The number of amides is 1. The number of aromatic nitrogens is 3. The predicted molar refractivity (Wildman–Crippen MR) is 132 cm³/mol. The summed E-state index contributed by atoms with van der Waals surface area (Å²) in [5.74, 6) is 2.45. The number of nitrogens with zero attached hydrogens (tertiary/aromatic N) is 4. The zero-order chi connectivity index (χ0) is 24.4. The number of ether oxygens (including phenoxy) is 3. The monoisotopic (exact) mass is 480 g/mol. The van der Waals surface area contributed by atoms with E-state index in [4.69, 9.17) is 19.2 Å². The Balaban J connectivity index is 1.95. The van der Waals surface area contributed by atoms with Gasteiger partial charge in [-0.25, -0.2) is 0 Å². The molecule has 1 amide bonds. The molecule has 0 radical (unpaired) electrons. The van der Waals surface area contributed by atoms with Crippen LogP contribution in [-0.4, -0.2) is 41.1 Å². The van der Waals surface area contributed by atoms with E-state index >= 15 is 0 Å². The van der Waals surface area contributed by atoms with Crippen molar-refractivity contribution in [2.75, 3.05) is 24.9 Å². The van der Waals surface area contributed by atoms with Gasteiger partial charge < -0.3 is 14.2 Å². The van der Waals surface area contributed by atoms with Gasteiger partial charge in [0.2, 0.25) is 23.2 Å². The van der Waals surface area contributed by atoms with Gasteiger partial charge in [-0.2, -0.15) is 4.98 Å². The summed E-state index contributed by atoms with van der Waals surface area (Å²) < 4.78 is 17.6. The number of carbonyl (C=O) groups excluding carboxylic acids is 1. The van der Waals surface area contributed by atoms with Crippen LogP contribution in [0.3, 0.4) is 0 Å². The molecule has 34 heavy (non-hydrogen) atoms. The molecule has 1 aliphatic heterocycles. The summed E-state index contributed by atoms with van der Waals surface area (Å²) in [5.41, 5.74) is 3.53. The van der Waals surface area contributed by atoms with Crippen LogP contribution in [-0.2, 0) is 4.79 Å². The van der Waals surface area contributed by atoms with E-state index in [0.29, 0.717) is 45.4 Å². The quantitative estimate of drug-likeness (QED) is 0.453. The minimum absolute atomic E-state index is 0.199. The molecule has 0 saturated carbocycles. The Kier molecular flexibility index (Phi) is 6.92. The predicted octanol–water partition coefficient (Wildman–Crippen LogP) is 5.06. The second-order valence-corrected chi connectivity index (χ2v) is 9.40. The van der Waals surface area contributed by atoms with Crippen LogP contribution in [0.2, 0.25) is 0 Å². The average molecular weight is 481 g/mol. The molecule has 3 aromatic rings. The third-order valence-corrected chi connectivity index (χ3v) is 6.61. The molecule has 0 fully saturated rings. The summed E-state index contributed by atoms with van der Waals surface area (Å²) in [7, 11) is 3.13. The highest BCUT2D eigenvalue weighted by Gasteiger charge is 2.36. The van der Waals surface area contributed by atoms with Crippen LogP contribution in [0.15, 0.2) is 41.6 Å². The van der Waals surface area contributed by atoms with Gasteiger partial charge in [0.15, 0.2) is 17.2 Å². The van der Waals surface area contributed by atoms with Gasteiger partial charge >= 0.3 is 0 Å². The molecule has 8 nitrogen and oxygen atoms in total. The van der Waals surface area contributed by atoms with Crippen molar-refractivity contribution in [2.45, 2.75) is 39.1 Å². The fraction of sp³-hybridized carbons (Fsp3) is 0.360. The second kappa shape index (κ2) is 9.89. The minimum Gasteiger partial charge on any atom is -0.493 e. The van der Waals surface area contributed by atoms with E-state index in [9.17, 15) is 4.79 Å². The minimum atomic E-state index is -0.857. The number of thioether (sulfide) groups is 1. The van der Waals surface area contributed by atoms with Crippen molar-refractivity contribution in [3.63, 3.8) is 0 Å². The topological polar surface area (TPSA) is 86.7 Å². The zero-order valence-electron chi connectivity index (χ0n) is 20.2. The zero-order valence-corrected chi connectivity index (χ0v) is 21.0. The Labute approximate surface area is 203 Å². The van der Waals surface area contributed by atoms with Gasteiger partial charge in [0.05, 0.1) is 25.5 Å². The van der Waals surface area contributed by atoms with Crippen molar-refractivity contribution in [1.29, 1.82) is 0 Å². The summed E-state index contributed by atoms with van der Waals surface area (Å²) >= 11 is 1.52. The highest BCUT2D eigenvalue weighted by atomic mass is 32.2. The first kappa shape index (κ1) is 23.8. The van der Waals surface area contributed by atoms with Gasteiger partial charge in [-0.3, -0.25) is 9.69 Å². The molecule has 0 spiro atoms. The fourth-order valence-electron chi connectivity index (χ4n) is 3.83. The first-order valence-electron chi connectivity index (χ1n) is 11.0. The van der Waals surface area contributed by atoms with Crippen LogP contribution < -0.4 is 19.1 Å². The van der Waals surface area contributed by atoms with Gasteiger partial charge in [-0.1, -0.05) is 43.3 Å². The van der Waals surface area contributed by atoms with Crippen molar-refractivity contribution < 1.29 is 19.0 Å². The smallest absolute Gasteiger partial charge is 0.247 e. The molecular formula is C25H28N4O4S. The van der Waals surface area contributed by atoms with Gasteiger partial charge in [-0.05, 0) is 37.1 Å². The molecule has 0 aliphatic carbocycles. The van der Waals surface area contributed by atoms with E-state index in [1.807, 2.05) is 37.3 Å². The van der Waals surface area contributed by atoms with E-state index in [0.717, 1.165) is 16.9 Å². The Morgan fingerprint density at radius 3 is 2.65 bits per heavy atom. The number of fused-ring (bicyclic) bond motifs is 3. The van der Waals surface area contributed by atoms with Crippen molar-refractivity contribution in [3.05, 3.63) is 47.5 Å². The highest BCUT2D eigenvalue weighted by Crippen LogP contribution is 2.46. The lowest BCUT2D eigenvalue weighted by molar-refractivity contribution is -0.118. The van der Waals surface area contributed by atoms with E-state index < -0.39 is 6.23 Å². The summed E-state index contributed by atoms with van der Waals surface area (Å²) in [6.07, 6.45) is -0.857. The van der Waals surface area contributed by atoms with Gasteiger partial charge in [0.25, 0.3) is 0 Å². The third kappa shape index (κ3) is 4.52. The lowest BCUT2D eigenvalue weighted by atomic mass is 10.0. The van der Waals surface area contributed by atoms with E-state index in [2.05, 4.69) is 24.0 Å². The van der Waals surface area contributed by atoms with Crippen LogP contribution in [0.5, 0.6) is 17.4 Å². The van der Waals surface area contributed by atoms with Crippen LogP contribution in [0, 0.1) is 12.8 Å². The number of hydrogen-bond acceptors (Lipinski definition) is 8. The standard InChI is InChI=1S/C25H28N4O4S/c1-14(2)13-34-25-26-23-21(27-28-25)18-12-15(3)10-11-19(18)29(16(4)30)24(33-23)17-8-7-9-20(31-5)22(17)32-6/h7-12,14,24H,13H2,1-6H3/t24-/m1/s1. The Morgan fingerprint density at radius 2 is 1.97 bits per heavy atom. The summed E-state index contributed by atoms with van der Waals surface area (Å²) in [5, 5.41) is 9.34. The molecule has 0 unspecified atom stereocenters. The van der Waals surface area contributed by atoms with Gasteiger partial charge in [0.1, 0.15) is 0 Å². The summed E-state index contributed by atoms with van der Waals surface area (Å²) in [6.45, 7) is 7.76. The first-order valence-corrected chi connectivity index (χ1v) is 12.0. The molecule has 0 saturated heterocycles. The van der Waals surface area contributed by atoms with E-state index in [1.54, 1.807) is 25.2 Å². The number of rotatable bonds is 6. The van der Waals surface area contributed by atoms with E-state index in [-0.39, 0.29) is 5.91 Å². The van der Waals surface area contributed by atoms with Crippen molar-refractivity contribution in [1.82, 2.24) is 15.2 Å². The number of carbonyl (C=O) groups is 1. The molecule has 178 valence electrons. The molecule has 0 bridgehead atoms. The fourth-order valence-corrected chi connectivity index (χ4v) is 4.56. The van der Waals surface area contributed by atoms with Crippen molar-refractivity contribution in [3.8, 4) is 28.6 Å². The molecule has 2 aromatic carbocycles. The third-order valence-electron chi connectivity index (χ3n) is 5.34. The van der Waals surface area contributed by atoms with Gasteiger partial charge in [-0.15, -0.1) is 10.2 Å². The van der Waals surface area contributed by atoms with Gasteiger partial charge in [0, 0.05) is 18.2 Å². The number of para-hydroxylation sites is 1. The number of anilines is 1. The maximum absolute atomic E-state index is 13.0. The molecule has 9 heteroatoms. The van der Waals surface area contributed by atoms with Crippen LogP contribution in [0.25, 0.3) is 11.3 Å². The Morgan fingerprint density at radius 1 is 1.18 bits per heavy atom. The molecule has 1 aliphatic rings. The molecule has 1 atom stereocenters. The highest BCUT2D eigenvalue weighted by molar-refractivity contribution is 7.99. The molecular weight excluding hydrogens is 452 g/mol. The molecule has 2 heterocycles. The van der Waals surface area contributed by atoms with E-state index in [1.165, 1.54) is 18.7 Å². The normalized spacial score (nSPS) is 14.7. The largest absolute Gasteiger partial charge is 0.493 e. The molecule has 0 N–H and O–H groups in total. The van der Waals surface area contributed by atoms with Crippen LogP contribution in [0.1, 0.15) is 38.1 Å². The number of aryl methyl sites for hydroxylation is 1. The first-order chi connectivity index (χ1) is 16.3. The summed E-state index contributed by atoms with van der Waals surface area (Å²) in [4.78, 5) is 19.3. The van der Waals surface area contributed by atoms with Crippen molar-refractivity contribution >= 4 is 23.4 Å². The maximum Gasteiger partial charge on any atom is 0.247 e. The van der Waals surface area contributed by atoms with Crippen LogP contribution in [0.4, 0.5) is 5.69 Å². The Hall–Kier alpha value is -3.33.